The number of carbonyl (C=O) groups is 1. The van der Waals surface area contributed by atoms with E-state index in [1.807, 2.05) is 41.3 Å². The summed E-state index contributed by atoms with van der Waals surface area (Å²) >= 11 is 0. The summed E-state index contributed by atoms with van der Waals surface area (Å²) in [6.07, 6.45) is 0.889. The Labute approximate surface area is 142 Å². The minimum atomic E-state index is -0.0813. The first kappa shape index (κ1) is 16.2. The van der Waals surface area contributed by atoms with Crippen LogP contribution < -0.4 is 19.7 Å². The van der Waals surface area contributed by atoms with Crippen LogP contribution in [0, 0.1) is 0 Å². The number of carbonyl (C=O) groups excluding carboxylic acids is 1. The molecule has 0 fully saturated rings. The predicted molar refractivity (Wildman–Crippen MR) is 93.9 cm³/mol. The Hall–Kier alpha value is -2.69. The summed E-state index contributed by atoms with van der Waals surface area (Å²) in [6.45, 7) is 2.50. The summed E-state index contributed by atoms with van der Waals surface area (Å²) in [6, 6.07) is 13.8. The van der Waals surface area contributed by atoms with Crippen LogP contribution in [0.2, 0.25) is 0 Å². The Morgan fingerprint density at radius 3 is 2.67 bits per heavy atom. The number of hydrogen-bond donors (Lipinski definition) is 1. The molecule has 0 saturated carbocycles. The zero-order chi connectivity index (χ0) is 17.1. The van der Waals surface area contributed by atoms with Gasteiger partial charge < -0.3 is 14.8 Å². The molecular weight excluding hydrogens is 304 g/mol. The molecule has 1 aliphatic rings. The highest BCUT2D eigenvalue weighted by molar-refractivity contribution is 5.94. The third-order valence-corrected chi connectivity index (χ3v) is 4.32. The fourth-order valence-corrected chi connectivity index (χ4v) is 3.13. The molecule has 1 heterocycles. The fourth-order valence-electron chi connectivity index (χ4n) is 3.13. The van der Waals surface area contributed by atoms with Crippen molar-refractivity contribution in [2.24, 2.45) is 0 Å². The second kappa shape index (κ2) is 6.83. The lowest BCUT2D eigenvalue weighted by atomic mass is 10.1. The number of nitrogens with zero attached hydrogens (tertiary/aromatic N) is 1. The smallest absolute Gasteiger partial charge is 0.322 e. The molecule has 2 aromatic rings. The molecule has 2 amide bonds. The number of nitrogens with one attached hydrogen (secondary N) is 1. The van der Waals surface area contributed by atoms with Gasteiger partial charge in [-0.15, -0.1) is 0 Å². The van der Waals surface area contributed by atoms with Gasteiger partial charge >= 0.3 is 6.03 Å². The lowest BCUT2D eigenvalue weighted by molar-refractivity contribution is 0.244. The quantitative estimate of drug-likeness (QED) is 0.937. The maximum atomic E-state index is 12.6. The largest absolute Gasteiger partial charge is 0.493 e. The average Bonchev–Trinajstić information content (AvgIpc) is 2.95. The number of anilines is 1. The van der Waals surface area contributed by atoms with Crippen molar-refractivity contribution < 1.29 is 14.3 Å². The Balaban J connectivity index is 1.70. The standard InChI is InChI=1S/C19H22N2O3/c1-13-10-15-6-4-5-7-16(15)21(13)19(22)20-12-14-8-9-17(23-2)18(11-14)24-3/h4-9,11,13H,10,12H2,1-3H3,(H,20,22). The van der Waals surface area contributed by atoms with Crippen LogP contribution in [0.25, 0.3) is 0 Å². The minimum absolute atomic E-state index is 0.0813. The molecule has 0 aliphatic carbocycles. The number of fused-ring (bicyclic) bond motifs is 1. The van der Waals surface area contributed by atoms with E-state index in [2.05, 4.69) is 18.3 Å². The summed E-state index contributed by atoms with van der Waals surface area (Å²) in [7, 11) is 3.20. The Kier molecular flexibility index (Phi) is 4.60. The number of benzene rings is 2. The molecule has 0 aromatic heterocycles. The number of ether oxygens (including phenoxy) is 2. The summed E-state index contributed by atoms with van der Waals surface area (Å²) in [4.78, 5) is 14.5. The topological polar surface area (TPSA) is 50.8 Å². The van der Waals surface area contributed by atoms with Gasteiger partial charge in [-0.25, -0.2) is 4.79 Å². The highest BCUT2D eigenvalue weighted by Crippen LogP contribution is 2.32. The third kappa shape index (κ3) is 3.02. The summed E-state index contributed by atoms with van der Waals surface area (Å²) in [5.74, 6) is 1.33. The van der Waals surface area contributed by atoms with Crippen molar-refractivity contribution in [2.75, 3.05) is 19.1 Å². The molecule has 2 aromatic carbocycles. The van der Waals surface area contributed by atoms with Crippen LogP contribution >= 0.6 is 0 Å². The van der Waals surface area contributed by atoms with Crippen LogP contribution in [0.4, 0.5) is 10.5 Å². The van der Waals surface area contributed by atoms with Gasteiger partial charge in [0.15, 0.2) is 11.5 Å². The fraction of sp³-hybridized carbons (Fsp3) is 0.316. The van der Waals surface area contributed by atoms with Gasteiger partial charge in [-0.3, -0.25) is 4.90 Å². The van der Waals surface area contributed by atoms with Gasteiger partial charge in [0.05, 0.1) is 14.2 Å². The van der Waals surface area contributed by atoms with Gasteiger partial charge in [0, 0.05) is 18.3 Å². The second-order valence-corrected chi connectivity index (χ2v) is 5.90. The predicted octanol–water partition coefficient (Wildman–Crippen LogP) is 3.36. The maximum absolute atomic E-state index is 12.6. The van der Waals surface area contributed by atoms with Gasteiger partial charge in [-0.1, -0.05) is 24.3 Å². The SMILES string of the molecule is COc1ccc(CNC(=O)N2c3ccccc3CC2C)cc1OC. The van der Waals surface area contributed by atoms with Gasteiger partial charge in [-0.2, -0.15) is 0 Å². The van der Waals surface area contributed by atoms with Crippen molar-refractivity contribution >= 4 is 11.7 Å². The van der Waals surface area contributed by atoms with Crippen LogP contribution in [0.1, 0.15) is 18.1 Å². The molecule has 1 N–H and O–H groups in total. The number of para-hydroxylation sites is 1. The molecule has 1 unspecified atom stereocenters. The van der Waals surface area contributed by atoms with Crippen molar-refractivity contribution in [3.8, 4) is 11.5 Å². The van der Waals surface area contributed by atoms with Crippen molar-refractivity contribution in [1.82, 2.24) is 5.32 Å². The first-order valence-electron chi connectivity index (χ1n) is 8.00. The molecule has 0 bridgehead atoms. The normalized spacial score (nSPS) is 15.8. The number of rotatable bonds is 4. The number of hydrogen-bond acceptors (Lipinski definition) is 3. The molecule has 0 spiro atoms. The molecule has 1 aliphatic heterocycles. The molecule has 0 radical (unpaired) electrons. The van der Waals surface area contributed by atoms with Crippen molar-refractivity contribution in [3.05, 3.63) is 53.6 Å². The van der Waals surface area contributed by atoms with Crippen molar-refractivity contribution in [1.29, 1.82) is 0 Å². The van der Waals surface area contributed by atoms with Gasteiger partial charge in [0.2, 0.25) is 0 Å². The van der Waals surface area contributed by atoms with Crippen LogP contribution in [0.3, 0.4) is 0 Å². The monoisotopic (exact) mass is 326 g/mol. The lowest BCUT2D eigenvalue weighted by Gasteiger charge is -2.23. The minimum Gasteiger partial charge on any atom is -0.493 e. The molecular formula is C19H22N2O3. The van der Waals surface area contributed by atoms with E-state index >= 15 is 0 Å². The van der Waals surface area contributed by atoms with Crippen molar-refractivity contribution in [3.63, 3.8) is 0 Å². The second-order valence-electron chi connectivity index (χ2n) is 5.90. The Morgan fingerprint density at radius 2 is 1.92 bits per heavy atom. The lowest BCUT2D eigenvalue weighted by Crippen LogP contribution is -2.42. The molecule has 0 saturated heterocycles. The number of urea groups is 1. The first-order chi connectivity index (χ1) is 11.6. The van der Waals surface area contributed by atoms with E-state index in [-0.39, 0.29) is 12.1 Å². The van der Waals surface area contributed by atoms with E-state index in [0.29, 0.717) is 18.0 Å². The van der Waals surface area contributed by atoms with E-state index in [4.69, 9.17) is 9.47 Å². The van der Waals surface area contributed by atoms with E-state index < -0.39 is 0 Å². The van der Waals surface area contributed by atoms with Crippen LogP contribution in [0.15, 0.2) is 42.5 Å². The molecule has 5 nitrogen and oxygen atoms in total. The van der Waals surface area contributed by atoms with Crippen LogP contribution in [-0.2, 0) is 13.0 Å². The zero-order valence-electron chi connectivity index (χ0n) is 14.2. The van der Waals surface area contributed by atoms with Gasteiger partial charge in [0.1, 0.15) is 0 Å². The summed E-state index contributed by atoms with van der Waals surface area (Å²) in [5, 5.41) is 2.99. The maximum Gasteiger partial charge on any atom is 0.322 e. The molecule has 3 rings (SSSR count). The first-order valence-corrected chi connectivity index (χ1v) is 8.00. The van der Waals surface area contributed by atoms with Crippen molar-refractivity contribution in [2.45, 2.75) is 25.9 Å². The zero-order valence-corrected chi connectivity index (χ0v) is 14.2. The molecule has 24 heavy (non-hydrogen) atoms. The average molecular weight is 326 g/mol. The molecule has 5 heteroatoms. The highest BCUT2D eigenvalue weighted by Gasteiger charge is 2.30. The number of amides is 2. The van der Waals surface area contributed by atoms with E-state index in [1.54, 1.807) is 14.2 Å². The van der Waals surface area contributed by atoms with E-state index in [9.17, 15) is 4.79 Å². The van der Waals surface area contributed by atoms with Gasteiger partial charge in [-0.05, 0) is 42.7 Å². The van der Waals surface area contributed by atoms with Crippen LogP contribution in [0.5, 0.6) is 11.5 Å². The van der Waals surface area contributed by atoms with E-state index in [1.165, 1.54) is 5.56 Å². The molecule has 126 valence electrons. The van der Waals surface area contributed by atoms with E-state index in [0.717, 1.165) is 17.7 Å². The highest BCUT2D eigenvalue weighted by atomic mass is 16.5. The Bertz CT molecular complexity index is 745. The summed E-state index contributed by atoms with van der Waals surface area (Å²) in [5.41, 5.74) is 3.17. The van der Waals surface area contributed by atoms with Gasteiger partial charge in [0.25, 0.3) is 0 Å². The molecule has 1 atom stereocenters. The summed E-state index contributed by atoms with van der Waals surface area (Å²) < 4.78 is 10.5. The number of methoxy groups -OCH3 is 2. The third-order valence-electron chi connectivity index (χ3n) is 4.32. The van der Waals surface area contributed by atoms with Crippen LogP contribution in [-0.4, -0.2) is 26.3 Å². The Morgan fingerprint density at radius 1 is 1.17 bits per heavy atom.